The third-order valence-electron chi connectivity index (χ3n) is 2.93. The van der Waals surface area contributed by atoms with Crippen LogP contribution in [0, 0.1) is 20.2 Å². The number of H-pyrrole nitrogens is 1. The van der Waals surface area contributed by atoms with Crippen molar-refractivity contribution in [3.05, 3.63) is 60.2 Å². The Bertz CT molecular complexity index is 977. The van der Waals surface area contributed by atoms with Gasteiger partial charge in [-0.25, -0.2) is 4.98 Å². The Labute approximate surface area is 125 Å². The minimum atomic E-state index is -0.623. The highest BCUT2D eigenvalue weighted by atomic mass is 32.1. The molecule has 1 aromatic carbocycles. The average Bonchev–Trinajstić information content (AvgIpc) is 2.92. The van der Waals surface area contributed by atoms with E-state index in [0.29, 0.717) is 5.56 Å². The molecule has 9 nitrogen and oxygen atoms in total. The van der Waals surface area contributed by atoms with Crippen LogP contribution in [0.3, 0.4) is 0 Å². The van der Waals surface area contributed by atoms with Gasteiger partial charge in [-0.15, -0.1) is 11.3 Å². The quantitative estimate of drug-likeness (QED) is 0.582. The second-order valence-corrected chi connectivity index (χ2v) is 5.16. The van der Waals surface area contributed by atoms with Crippen molar-refractivity contribution in [2.45, 2.75) is 0 Å². The fourth-order valence-electron chi connectivity index (χ4n) is 1.95. The molecule has 3 rings (SSSR count). The standard InChI is InChI=1S/C12H6N4O5S/c17-12-10-9(8(5-22-10)16(20)21)13-11(14-12)6-2-1-3-7(4-6)15(18)19/h1-5H,(H,13,14,17). The predicted molar refractivity (Wildman–Crippen MR) is 79.0 cm³/mol. The number of thiophene rings is 1. The van der Waals surface area contributed by atoms with Gasteiger partial charge >= 0.3 is 5.69 Å². The molecule has 0 unspecified atom stereocenters. The summed E-state index contributed by atoms with van der Waals surface area (Å²) < 4.78 is 0.140. The highest BCUT2D eigenvalue weighted by Crippen LogP contribution is 2.29. The summed E-state index contributed by atoms with van der Waals surface area (Å²) in [5.74, 6) is 0.0442. The largest absolute Gasteiger partial charge is 0.306 e. The van der Waals surface area contributed by atoms with E-state index in [-0.39, 0.29) is 27.4 Å². The molecule has 22 heavy (non-hydrogen) atoms. The third kappa shape index (κ3) is 2.20. The first-order chi connectivity index (χ1) is 10.5. The molecule has 0 saturated carbocycles. The summed E-state index contributed by atoms with van der Waals surface area (Å²) in [7, 11) is 0. The number of nitrogens with zero attached hydrogens (tertiary/aromatic N) is 3. The molecule has 0 atom stereocenters. The van der Waals surface area contributed by atoms with Crippen LogP contribution < -0.4 is 5.56 Å². The lowest BCUT2D eigenvalue weighted by Gasteiger charge is -2.01. The molecule has 2 aromatic heterocycles. The van der Waals surface area contributed by atoms with Gasteiger partial charge in [0.15, 0.2) is 5.52 Å². The number of aromatic nitrogens is 2. The van der Waals surface area contributed by atoms with Crippen molar-refractivity contribution in [3.8, 4) is 11.4 Å². The molecule has 1 N–H and O–H groups in total. The minimum absolute atomic E-state index is 0.0275. The molecule has 0 aliphatic carbocycles. The molecular weight excluding hydrogens is 312 g/mol. The Kier molecular flexibility index (Phi) is 3.14. The summed E-state index contributed by atoms with van der Waals surface area (Å²) >= 11 is 0.925. The molecule has 0 bridgehead atoms. The van der Waals surface area contributed by atoms with Gasteiger partial charge in [0.25, 0.3) is 11.2 Å². The number of hydrogen-bond donors (Lipinski definition) is 1. The fourth-order valence-corrected chi connectivity index (χ4v) is 2.80. The number of benzene rings is 1. The number of nitro groups is 2. The summed E-state index contributed by atoms with van der Waals surface area (Å²) in [6.07, 6.45) is 0. The maximum Gasteiger partial charge on any atom is 0.306 e. The number of rotatable bonds is 3. The Morgan fingerprint density at radius 2 is 1.95 bits per heavy atom. The van der Waals surface area contributed by atoms with Gasteiger partial charge in [0.2, 0.25) is 0 Å². The Balaban J connectivity index is 2.25. The molecule has 3 aromatic rings. The van der Waals surface area contributed by atoms with Crippen LogP contribution >= 0.6 is 11.3 Å². The molecule has 0 radical (unpaired) electrons. The van der Waals surface area contributed by atoms with Gasteiger partial charge in [0, 0.05) is 17.7 Å². The Morgan fingerprint density at radius 1 is 1.18 bits per heavy atom. The van der Waals surface area contributed by atoms with E-state index in [2.05, 4.69) is 9.97 Å². The SMILES string of the molecule is O=c1[nH]c(-c2cccc([N+](=O)[O-])c2)nc2c([N+](=O)[O-])csc12. The van der Waals surface area contributed by atoms with Gasteiger partial charge in [0.1, 0.15) is 10.5 Å². The van der Waals surface area contributed by atoms with E-state index < -0.39 is 15.4 Å². The van der Waals surface area contributed by atoms with Gasteiger partial charge in [-0.05, 0) is 0 Å². The molecule has 0 aliphatic heterocycles. The van der Waals surface area contributed by atoms with Crippen LogP contribution in [0.4, 0.5) is 11.4 Å². The lowest BCUT2D eigenvalue weighted by Crippen LogP contribution is -2.08. The van der Waals surface area contributed by atoms with E-state index in [0.717, 1.165) is 11.3 Å². The van der Waals surface area contributed by atoms with Crippen LogP contribution in [0.15, 0.2) is 34.4 Å². The van der Waals surface area contributed by atoms with Crippen LogP contribution in [0.1, 0.15) is 0 Å². The van der Waals surface area contributed by atoms with E-state index in [9.17, 15) is 25.0 Å². The first kappa shape index (κ1) is 13.8. The van der Waals surface area contributed by atoms with Crippen molar-refractivity contribution in [2.24, 2.45) is 0 Å². The van der Waals surface area contributed by atoms with Gasteiger partial charge in [-0.1, -0.05) is 12.1 Å². The number of hydrogen-bond acceptors (Lipinski definition) is 7. The lowest BCUT2D eigenvalue weighted by molar-refractivity contribution is -0.384. The normalized spacial score (nSPS) is 10.7. The molecular formula is C12H6N4O5S. The van der Waals surface area contributed by atoms with Gasteiger partial charge < -0.3 is 4.98 Å². The number of fused-ring (bicyclic) bond motifs is 1. The van der Waals surface area contributed by atoms with Gasteiger partial charge in [0.05, 0.1) is 15.2 Å². The highest BCUT2D eigenvalue weighted by molar-refractivity contribution is 7.17. The summed E-state index contributed by atoms with van der Waals surface area (Å²) in [4.78, 5) is 39.1. The molecule has 0 spiro atoms. The third-order valence-corrected chi connectivity index (χ3v) is 3.89. The number of aromatic amines is 1. The van der Waals surface area contributed by atoms with E-state index in [1.165, 1.54) is 29.6 Å². The zero-order valence-electron chi connectivity index (χ0n) is 10.7. The molecule has 10 heteroatoms. The summed E-state index contributed by atoms with van der Waals surface area (Å²) in [6, 6.07) is 5.50. The lowest BCUT2D eigenvalue weighted by atomic mass is 10.2. The van der Waals surface area contributed by atoms with E-state index >= 15 is 0 Å². The molecule has 0 saturated heterocycles. The first-order valence-electron chi connectivity index (χ1n) is 5.88. The summed E-state index contributed by atoms with van der Waals surface area (Å²) in [5, 5.41) is 23.0. The molecule has 0 fully saturated rings. The van der Waals surface area contributed by atoms with E-state index in [4.69, 9.17) is 0 Å². The van der Waals surface area contributed by atoms with Gasteiger partial charge in [-0.2, -0.15) is 0 Å². The second-order valence-electron chi connectivity index (χ2n) is 4.28. The number of nitrogens with one attached hydrogen (secondary N) is 1. The maximum absolute atomic E-state index is 12.0. The zero-order valence-corrected chi connectivity index (χ0v) is 11.5. The molecule has 110 valence electrons. The molecule has 2 heterocycles. The zero-order chi connectivity index (χ0) is 15.9. The van der Waals surface area contributed by atoms with Crippen molar-refractivity contribution in [2.75, 3.05) is 0 Å². The predicted octanol–water partition coefficient (Wildman–Crippen LogP) is 2.47. The second kappa shape index (κ2) is 5.00. The van der Waals surface area contributed by atoms with Crippen LogP contribution in [0.5, 0.6) is 0 Å². The van der Waals surface area contributed by atoms with Crippen molar-refractivity contribution in [1.82, 2.24) is 9.97 Å². The minimum Gasteiger partial charge on any atom is -0.305 e. The number of nitro benzene ring substituents is 1. The smallest absolute Gasteiger partial charge is 0.305 e. The van der Waals surface area contributed by atoms with Crippen molar-refractivity contribution in [3.63, 3.8) is 0 Å². The fraction of sp³-hybridized carbons (Fsp3) is 0. The first-order valence-corrected chi connectivity index (χ1v) is 6.76. The van der Waals surface area contributed by atoms with Crippen LogP contribution in [-0.2, 0) is 0 Å². The van der Waals surface area contributed by atoms with E-state index in [1.54, 1.807) is 0 Å². The van der Waals surface area contributed by atoms with Crippen LogP contribution in [0.2, 0.25) is 0 Å². The van der Waals surface area contributed by atoms with Crippen molar-refractivity contribution >= 4 is 32.9 Å². The van der Waals surface area contributed by atoms with Gasteiger partial charge in [-0.3, -0.25) is 25.0 Å². The summed E-state index contributed by atoms with van der Waals surface area (Å²) in [5.41, 5.74) is -0.684. The monoisotopic (exact) mass is 318 g/mol. The van der Waals surface area contributed by atoms with Crippen LogP contribution in [-0.4, -0.2) is 19.8 Å². The van der Waals surface area contributed by atoms with E-state index in [1.807, 2.05) is 0 Å². The molecule has 0 aliphatic rings. The Hall–Kier alpha value is -3.14. The van der Waals surface area contributed by atoms with Crippen molar-refractivity contribution < 1.29 is 9.85 Å². The maximum atomic E-state index is 12.0. The average molecular weight is 318 g/mol. The van der Waals surface area contributed by atoms with Crippen molar-refractivity contribution in [1.29, 1.82) is 0 Å². The summed E-state index contributed by atoms with van der Waals surface area (Å²) in [6.45, 7) is 0. The van der Waals surface area contributed by atoms with Crippen LogP contribution in [0.25, 0.3) is 21.6 Å². The molecule has 0 amide bonds. The Morgan fingerprint density at radius 3 is 2.64 bits per heavy atom. The number of non-ortho nitro benzene ring substituents is 1. The highest BCUT2D eigenvalue weighted by Gasteiger charge is 2.20. The topological polar surface area (TPSA) is 132 Å².